The molecule has 2 heterocycles. The molecule has 0 aliphatic carbocycles. The van der Waals surface area contributed by atoms with E-state index in [1.54, 1.807) is 16.8 Å². The first kappa shape index (κ1) is 7.28. The van der Waals surface area contributed by atoms with Gasteiger partial charge in [-0.15, -0.1) is 0 Å². The molecule has 12 heavy (non-hydrogen) atoms. The van der Waals surface area contributed by atoms with Gasteiger partial charge in [0, 0.05) is 6.20 Å². The van der Waals surface area contributed by atoms with E-state index in [0.29, 0.717) is 0 Å². The Morgan fingerprint density at radius 1 is 1.50 bits per heavy atom. The van der Waals surface area contributed by atoms with Crippen LogP contribution in [0.15, 0.2) is 24.7 Å². The van der Waals surface area contributed by atoms with Gasteiger partial charge in [-0.1, -0.05) is 6.92 Å². The summed E-state index contributed by atoms with van der Waals surface area (Å²) in [6.45, 7) is 2.03. The summed E-state index contributed by atoms with van der Waals surface area (Å²) in [6, 6.07) is 3.21. The zero-order chi connectivity index (χ0) is 8.55. The summed E-state index contributed by atoms with van der Waals surface area (Å²) in [5.41, 5.74) is 1.99. The lowest BCUT2D eigenvalue weighted by Gasteiger charge is -1.94. The highest BCUT2D eigenvalue weighted by molar-refractivity contribution is 5.51. The standard InChI is InChI=1S/C9H9FN2/c1-2-8-9-4-3-7(10)5-12(9)6-11-8/h3-6H,2H2,1H3. The molecule has 3 heteroatoms. The molecule has 0 saturated heterocycles. The Hall–Kier alpha value is -1.38. The van der Waals surface area contributed by atoms with E-state index in [0.717, 1.165) is 17.6 Å². The van der Waals surface area contributed by atoms with Crippen molar-refractivity contribution < 1.29 is 4.39 Å². The van der Waals surface area contributed by atoms with Crippen molar-refractivity contribution in [1.82, 2.24) is 9.38 Å². The highest BCUT2D eigenvalue weighted by atomic mass is 19.1. The third-order valence-corrected chi connectivity index (χ3v) is 1.91. The summed E-state index contributed by atoms with van der Waals surface area (Å²) in [5, 5.41) is 0. The van der Waals surface area contributed by atoms with Crippen LogP contribution < -0.4 is 0 Å². The third kappa shape index (κ3) is 0.978. The van der Waals surface area contributed by atoms with Crippen LogP contribution in [-0.4, -0.2) is 9.38 Å². The SMILES string of the molecule is CCc1ncn2cc(F)ccc12. The highest BCUT2D eigenvalue weighted by Crippen LogP contribution is 2.10. The largest absolute Gasteiger partial charge is 0.303 e. The summed E-state index contributed by atoms with van der Waals surface area (Å²) < 4.78 is 14.4. The molecule has 0 radical (unpaired) electrons. The number of fused-ring (bicyclic) bond motifs is 1. The Balaban J connectivity index is 2.73. The molecule has 0 atom stereocenters. The van der Waals surface area contributed by atoms with E-state index < -0.39 is 0 Å². The molecular weight excluding hydrogens is 155 g/mol. The Bertz CT molecular complexity index is 406. The van der Waals surface area contributed by atoms with Crippen molar-refractivity contribution in [2.24, 2.45) is 0 Å². The first-order chi connectivity index (χ1) is 5.81. The number of pyridine rings is 1. The fourth-order valence-electron chi connectivity index (χ4n) is 1.30. The molecular formula is C9H9FN2. The number of aromatic nitrogens is 2. The first-order valence-electron chi connectivity index (χ1n) is 3.92. The van der Waals surface area contributed by atoms with Crippen LogP contribution in [0.5, 0.6) is 0 Å². The van der Waals surface area contributed by atoms with E-state index in [-0.39, 0.29) is 5.82 Å². The maximum atomic E-state index is 12.7. The van der Waals surface area contributed by atoms with E-state index in [2.05, 4.69) is 4.98 Å². The van der Waals surface area contributed by atoms with E-state index in [9.17, 15) is 4.39 Å². The van der Waals surface area contributed by atoms with E-state index >= 15 is 0 Å². The maximum Gasteiger partial charge on any atom is 0.139 e. The minimum absolute atomic E-state index is 0.234. The van der Waals surface area contributed by atoms with Crippen molar-refractivity contribution in [2.45, 2.75) is 13.3 Å². The van der Waals surface area contributed by atoms with E-state index in [1.807, 2.05) is 6.92 Å². The molecule has 0 fully saturated rings. The van der Waals surface area contributed by atoms with Gasteiger partial charge in [-0.25, -0.2) is 9.37 Å². The van der Waals surface area contributed by atoms with Gasteiger partial charge >= 0.3 is 0 Å². The molecule has 0 aliphatic rings. The lowest BCUT2D eigenvalue weighted by Crippen LogP contribution is -1.85. The molecule has 0 aliphatic heterocycles. The number of aryl methyl sites for hydroxylation is 1. The van der Waals surface area contributed by atoms with Crippen molar-refractivity contribution in [3.8, 4) is 0 Å². The molecule has 0 saturated carbocycles. The third-order valence-electron chi connectivity index (χ3n) is 1.91. The molecule has 2 aromatic heterocycles. The average Bonchev–Trinajstić information content (AvgIpc) is 2.46. The van der Waals surface area contributed by atoms with Crippen molar-refractivity contribution in [3.63, 3.8) is 0 Å². The topological polar surface area (TPSA) is 17.3 Å². The summed E-state index contributed by atoms with van der Waals surface area (Å²) in [5.74, 6) is -0.234. The normalized spacial score (nSPS) is 10.8. The highest BCUT2D eigenvalue weighted by Gasteiger charge is 2.01. The number of halogens is 1. The number of imidazole rings is 1. The molecule has 2 aromatic rings. The fraction of sp³-hybridized carbons (Fsp3) is 0.222. The van der Waals surface area contributed by atoms with Gasteiger partial charge in [-0.3, -0.25) is 0 Å². The Morgan fingerprint density at radius 3 is 3.08 bits per heavy atom. The number of hydrogen-bond acceptors (Lipinski definition) is 1. The summed E-state index contributed by atoms with van der Waals surface area (Å²) >= 11 is 0. The summed E-state index contributed by atoms with van der Waals surface area (Å²) in [7, 11) is 0. The minimum atomic E-state index is -0.234. The van der Waals surface area contributed by atoms with Gasteiger partial charge in [-0.2, -0.15) is 0 Å². The van der Waals surface area contributed by atoms with Crippen LogP contribution in [0, 0.1) is 5.82 Å². The fourth-order valence-corrected chi connectivity index (χ4v) is 1.30. The number of rotatable bonds is 1. The molecule has 0 amide bonds. The second kappa shape index (κ2) is 2.59. The zero-order valence-electron chi connectivity index (χ0n) is 6.79. The van der Waals surface area contributed by atoms with Crippen LogP contribution in [-0.2, 0) is 6.42 Å². The van der Waals surface area contributed by atoms with Crippen LogP contribution in [0.25, 0.3) is 5.52 Å². The van der Waals surface area contributed by atoms with Gasteiger partial charge in [-0.05, 0) is 18.6 Å². The van der Waals surface area contributed by atoms with Gasteiger partial charge in [0.1, 0.15) is 5.82 Å². The molecule has 0 unspecified atom stereocenters. The van der Waals surface area contributed by atoms with Crippen molar-refractivity contribution in [2.75, 3.05) is 0 Å². The molecule has 0 bridgehead atoms. The minimum Gasteiger partial charge on any atom is -0.303 e. The number of nitrogens with zero attached hydrogens (tertiary/aromatic N) is 2. The van der Waals surface area contributed by atoms with Crippen LogP contribution >= 0.6 is 0 Å². The quantitative estimate of drug-likeness (QED) is 0.630. The lowest BCUT2D eigenvalue weighted by atomic mass is 10.3. The molecule has 62 valence electrons. The summed E-state index contributed by atoms with van der Waals surface area (Å²) in [6.07, 6.45) is 3.95. The monoisotopic (exact) mass is 164 g/mol. The number of hydrogen-bond donors (Lipinski definition) is 0. The molecule has 2 rings (SSSR count). The van der Waals surface area contributed by atoms with Crippen LogP contribution in [0.2, 0.25) is 0 Å². The second-order valence-corrected chi connectivity index (χ2v) is 2.68. The van der Waals surface area contributed by atoms with Gasteiger partial charge in [0.2, 0.25) is 0 Å². The van der Waals surface area contributed by atoms with Gasteiger partial charge in [0.25, 0.3) is 0 Å². The average molecular weight is 164 g/mol. The predicted molar refractivity (Wildman–Crippen MR) is 44.5 cm³/mol. The van der Waals surface area contributed by atoms with Gasteiger partial charge < -0.3 is 4.40 Å². The van der Waals surface area contributed by atoms with Crippen molar-refractivity contribution >= 4 is 5.52 Å². The summed E-state index contributed by atoms with van der Waals surface area (Å²) in [4.78, 5) is 4.15. The van der Waals surface area contributed by atoms with Crippen molar-refractivity contribution in [3.05, 3.63) is 36.2 Å². The van der Waals surface area contributed by atoms with E-state index in [4.69, 9.17) is 0 Å². The second-order valence-electron chi connectivity index (χ2n) is 2.68. The van der Waals surface area contributed by atoms with Gasteiger partial charge in [0.15, 0.2) is 0 Å². The van der Waals surface area contributed by atoms with Crippen LogP contribution in [0.3, 0.4) is 0 Å². The Kier molecular flexibility index (Phi) is 1.57. The smallest absolute Gasteiger partial charge is 0.139 e. The molecule has 0 spiro atoms. The maximum absolute atomic E-state index is 12.7. The molecule has 0 aromatic carbocycles. The molecule has 0 N–H and O–H groups in total. The van der Waals surface area contributed by atoms with Crippen LogP contribution in [0.1, 0.15) is 12.6 Å². The molecule has 2 nitrogen and oxygen atoms in total. The lowest BCUT2D eigenvalue weighted by molar-refractivity contribution is 0.619. The zero-order valence-corrected chi connectivity index (χ0v) is 6.79. The van der Waals surface area contributed by atoms with Crippen LogP contribution in [0.4, 0.5) is 4.39 Å². The van der Waals surface area contributed by atoms with Crippen molar-refractivity contribution in [1.29, 1.82) is 0 Å². The van der Waals surface area contributed by atoms with Gasteiger partial charge in [0.05, 0.1) is 17.5 Å². The Morgan fingerprint density at radius 2 is 2.33 bits per heavy atom. The Labute approximate surface area is 69.7 Å². The first-order valence-corrected chi connectivity index (χ1v) is 3.92. The predicted octanol–water partition coefficient (Wildman–Crippen LogP) is 2.04. The van der Waals surface area contributed by atoms with E-state index in [1.165, 1.54) is 12.3 Å².